The minimum atomic E-state index is -1.08. The summed E-state index contributed by atoms with van der Waals surface area (Å²) in [6, 6.07) is 3.82. The van der Waals surface area contributed by atoms with Gasteiger partial charge >= 0.3 is 5.97 Å². The lowest BCUT2D eigenvalue weighted by molar-refractivity contribution is -0.147. The van der Waals surface area contributed by atoms with Crippen LogP contribution in [0.25, 0.3) is 0 Å². The summed E-state index contributed by atoms with van der Waals surface area (Å²) in [5.74, 6) is -3.48. The van der Waals surface area contributed by atoms with Gasteiger partial charge in [-0.05, 0) is 48.9 Å². The van der Waals surface area contributed by atoms with E-state index in [-0.39, 0.29) is 49.1 Å². The SMILES string of the molecule is CN1C(=O)[C@H]2C[C@H](O)CN2C(=O)[C@@H](CC2CCC2)NC(=O)c2ccc(F)cc2OCC(=O)OCCCCCCCCNC(=O)[C@@H]1Cc1cccnc1. The van der Waals surface area contributed by atoms with E-state index in [1.807, 2.05) is 6.07 Å². The highest BCUT2D eigenvalue weighted by atomic mass is 19.1. The number of aliphatic hydroxyl groups excluding tert-OH is 1. The van der Waals surface area contributed by atoms with Crippen LogP contribution in [0, 0.1) is 11.7 Å². The molecule has 2 fully saturated rings. The molecule has 4 amide bonds. The van der Waals surface area contributed by atoms with Gasteiger partial charge in [0.15, 0.2) is 6.61 Å². The first-order valence-corrected chi connectivity index (χ1v) is 18.4. The van der Waals surface area contributed by atoms with Crippen molar-refractivity contribution in [2.45, 2.75) is 101 Å². The molecule has 4 atom stereocenters. The summed E-state index contributed by atoms with van der Waals surface area (Å²) in [4.78, 5) is 75.1. The number of cyclic esters (lactones) is 1. The molecule has 1 saturated carbocycles. The normalized spacial score (nSPS) is 25.3. The van der Waals surface area contributed by atoms with Crippen molar-refractivity contribution in [1.29, 1.82) is 0 Å². The van der Waals surface area contributed by atoms with Gasteiger partial charge in [-0.15, -0.1) is 0 Å². The van der Waals surface area contributed by atoms with E-state index in [9.17, 15) is 33.5 Å². The number of carbonyl (C=O) groups excluding carboxylic acids is 5. The van der Waals surface area contributed by atoms with Gasteiger partial charge in [-0.3, -0.25) is 24.2 Å². The fourth-order valence-corrected chi connectivity index (χ4v) is 6.98. The molecule has 0 unspecified atom stereocenters. The largest absolute Gasteiger partial charge is 0.481 e. The average Bonchev–Trinajstić information content (AvgIpc) is 3.51. The molecule has 14 heteroatoms. The molecule has 52 heavy (non-hydrogen) atoms. The number of esters is 1. The second kappa shape index (κ2) is 18.8. The molecule has 3 N–H and O–H groups in total. The third kappa shape index (κ3) is 10.5. The highest BCUT2D eigenvalue weighted by Gasteiger charge is 2.45. The van der Waals surface area contributed by atoms with E-state index in [0.717, 1.165) is 69.1 Å². The summed E-state index contributed by atoms with van der Waals surface area (Å²) < 4.78 is 25.1. The number of nitrogens with one attached hydrogen (secondary N) is 2. The van der Waals surface area contributed by atoms with Crippen LogP contribution in [0.2, 0.25) is 0 Å². The minimum Gasteiger partial charge on any atom is -0.481 e. The Balaban J connectivity index is 1.42. The second-order valence-corrected chi connectivity index (χ2v) is 14.0. The number of aromatic nitrogens is 1. The number of halogens is 1. The van der Waals surface area contributed by atoms with E-state index < -0.39 is 60.3 Å². The van der Waals surface area contributed by atoms with Crippen LogP contribution >= 0.6 is 0 Å². The van der Waals surface area contributed by atoms with Crippen LogP contribution in [0.5, 0.6) is 5.75 Å². The molecule has 2 aromatic rings. The second-order valence-electron chi connectivity index (χ2n) is 14.0. The number of likely N-dealkylation sites (N-methyl/N-ethyl adjacent to an activating group) is 1. The standard InChI is InChI=1S/C38H50FN5O8/c1-43-31(19-26-12-9-15-40-22-26)36(48)41-16-6-4-2-3-5-7-17-51-34(46)24-52-33-20-27(39)13-14-29(33)35(47)42-30(18-25-10-8-11-25)37(49)44-23-28(45)21-32(44)38(43)50/h9,12-15,20,22,25,28,30-32,45H,2-8,10-11,16-19,21,23-24H2,1H3,(H,41,48)(H,42,47)/t28-,30+,31-,32+/m0/s1. The third-order valence-electron chi connectivity index (χ3n) is 10.2. The van der Waals surface area contributed by atoms with Gasteiger partial charge in [0.05, 0.1) is 18.3 Å². The molecule has 0 bridgehead atoms. The molecule has 1 aromatic heterocycles. The summed E-state index contributed by atoms with van der Waals surface area (Å²) in [5.41, 5.74) is 0.674. The van der Waals surface area contributed by atoms with Crippen molar-refractivity contribution in [1.82, 2.24) is 25.4 Å². The molecule has 0 spiro atoms. The molecule has 13 nitrogen and oxygen atoms in total. The minimum absolute atomic E-state index is 0.0354. The zero-order valence-electron chi connectivity index (χ0n) is 29.8. The molecular formula is C38H50FN5O8. The lowest BCUT2D eigenvalue weighted by atomic mass is 9.80. The van der Waals surface area contributed by atoms with Crippen molar-refractivity contribution in [3.05, 3.63) is 59.7 Å². The first-order chi connectivity index (χ1) is 25.1. The zero-order chi connectivity index (χ0) is 37.0. The highest BCUT2D eigenvalue weighted by Crippen LogP contribution is 2.32. The Morgan fingerprint density at radius 3 is 2.46 bits per heavy atom. The van der Waals surface area contributed by atoms with E-state index in [1.165, 1.54) is 22.9 Å². The van der Waals surface area contributed by atoms with Gasteiger partial charge < -0.3 is 35.0 Å². The van der Waals surface area contributed by atoms with Crippen molar-refractivity contribution in [2.24, 2.45) is 5.92 Å². The van der Waals surface area contributed by atoms with E-state index in [2.05, 4.69) is 15.6 Å². The predicted molar refractivity (Wildman–Crippen MR) is 187 cm³/mol. The van der Waals surface area contributed by atoms with E-state index in [0.29, 0.717) is 19.4 Å². The number of ether oxygens (including phenoxy) is 2. The van der Waals surface area contributed by atoms with Crippen LogP contribution in [-0.4, -0.2) is 107 Å². The number of hydrogen-bond donors (Lipinski definition) is 3. The Labute approximate surface area is 303 Å². The quantitative estimate of drug-likeness (QED) is 0.402. The monoisotopic (exact) mass is 723 g/mol. The van der Waals surface area contributed by atoms with E-state index >= 15 is 0 Å². The van der Waals surface area contributed by atoms with Crippen molar-refractivity contribution in [2.75, 3.05) is 33.4 Å². The zero-order valence-corrected chi connectivity index (χ0v) is 29.8. The van der Waals surface area contributed by atoms with Crippen LogP contribution in [0.4, 0.5) is 4.39 Å². The Morgan fingerprint density at radius 2 is 1.73 bits per heavy atom. The van der Waals surface area contributed by atoms with Gasteiger partial charge in [0, 0.05) is 51.4 Å². The van der Waals surface area contributed by atoms with Crippen molar-refractivity contribution < 1.29 is 42.9 Å². The lowest BCUT2D eigenvalue weighted by Gasteiger charge is -2.35. The first kappa shape index (κ1) is 38.6. The smallest absolute Gasteiger partial charge is 0.344 e. The highest BCUT2D eigenvalue weighted by molar-refractivity contribution is 6.00. The predicted octanol–water partition coefficient (Wildman–Crippen LogP) is 2.93. The number of hydrogen-bond acceptors (Lipinski definition) is 9. The molecule has 1 aliphatic carbocycles. The van der Waals surface area contributed by atoms with Crippen LogP contribution in [-0.2, 0) is 30.3 Å². The van der Waals surface area contributed by atoms with Gasteiger partial charge in [-0.1, -0.05) is 51.0 Å². The summed E-state index contributed by atoms with van der Waals surface area (Å²) in [6.07, 6.45) is 10.4. The van der Waals surface area contributed by atoms with E-state index in [4.69, 9.17) is 9.47 Å². The molecule has 3 heterocycles. The number of amides is 4. The van der Waals surface area contributed by atoms with Gasteiger partial charge in [0.1, 0.15) is 29.7 Å². The van der Waals surface area contributed by atoms with Gasteiger partial charge in [0.25, 0.3) is 5.91 Å². The number of carbonyl (C=O) groups is 5. The molecule has 1 aromatic carbocycles. The molecule has 3 aliphatic rings. The Bertz CT molecular complexity index is 1560. The number of benzene rings is 1. The summed E-state index contributed by atoms with van der Waals surface area (Å²) in [6.45, 7) is -0.0582. The summed E-state index contributed by atoms with van der Waals surface area (Å²) in [5, 5.41) is 16.5. The van der Waals surface area contributed by atoms with Gasteiger partial charge in [-0.25, -0.2) is 9.18 Å². The summed E-state index contributed by atoms with van der Waals surface area (Å²) >= 11 is 0. The van der Waals surface area contributed by atoms with Crippen molar-refractivity contribution in [3.63, 3.8) is 0 Å². The average molecular weight is 724 g/mol. The van der Waals surface area contributed by atoms with E-state index in [1.54, 1.807) is 18.5 Å². The van der Waals surface area contributed by atoms with Crippen LogP contribution < -0.4 is 15.4 Å². The topological polar surface area (TPSA) is 167 Å². The molecule has 5 rings (SSSR count). The Hall–Kier alpha value is -4.59. The molecule has 282 valence electrons. The first-order valence-electron chi connectivity index (χ1n) is 18.4. The number of rotatable bonds is 4. The molecule has 2 aliphatic heterocycles. The van der Waals surface area contributed by atoms with Crippen LogP contribution in [0.3, 0.4) is 0 Å². The van der Waals surface area contributed by atoms with Gasteiger partial charge in [-0.2, -0.15) is 0 Å². The Morgan fingerprint density at radius 1 is 0.962 bits per heavy atom. The van der Waals surface area contributed by atoms with Crippen LogP contribution in [0.15, 0.2) is 42.7 Å². The molecular weight excluding hydrogens is 673 g/mol. The summed E-state index contributed by atoms with van der Waals surface area (Å²) in [7, 11) is 1.53. The number of nitrogens with zero attached hydrogens (tertiary/aromatic N) is 3. The fraction of sp³-hybridized carbons (Fsp3) is 0.579. The number of pyridine rings is 1. The van der Waals surface area contributed by atoms with Crippen molar-refractivity contribution in [3.8, 4) is 5.75 Å². The van der Waals surface area contributed by atoms with Crippen molar-refractivity contribution >= 4 is 29.6 Å². The molecule has 0 radical (unpaired) electrons. The third-order valence-corrected chi connectivity index (χ3v) is 10.2. The maximum atomic E-state index is 14.3. The number of aliphatic hydroxyl groups is 1. The van der Waals surface area contributed by atoms with Crippen LogP contribution in [0.1, 0.15) is 86.6 Å². The molecule has 1 saturated heterocycles. The number of fused-ring (bicyclic) bond motifs is 2. The maximum Gasteiger partial charge on any atom is 0.344 e. The lowest BCUT2D eigenvalue weighted by Crippen LogP contribution is -2.57. The fourth-order valence-electron chi connectivity index (χ4n) is 6.98. The maximum absolute atomic E-state index is 14.3. The van der Waals surface area contributed by atoms with Gasteiger partial charge in [0.2, 0.25) is 17.7 Å². The Kier molecular flexibility index (Phi) is 13.9.